The van der Waals surface area contributed by atoms with E-state index < -0.39 is 42.4 Å². The summed E-state index contributed by atoms with van der Waals surface area (Å²) >= 11 is 0. The van der Waals surface area contributed by atoms with Crippen LogP contribution in [-0.2, 0) is 25.7 Å². The number of benzene rings is 1. The Hall–Kier alpha value is -3.65. The van der Waals surface area contributed by atoms with E-state index in [0.29, 0.717) is 19.1 Å². The molecule has 11 nitrogen and oxygen atoms in total. The van der Waals surface area contributed by atoms with Crippen molar-refractivity contribution in [3.8, 4) is 0 Å². The second kappa shape index (κ2) is 17.0. The van der Waals surface area contributed by atoms with E-state index in [4.69, 9.17) is 29.7 Å². The van der Waals surface area contributed by atoms with Crippen molar-refractivity contribution in [2.45, 2.75) is 38.0 Å². The van der Waals surface area contributed by atoms with Crippen LogP contribution in [-0.4, -0.2) is 130 Å². The highest BCUT2D eigenvalue weighted by Crippen LogP contribution is 2.20. The average molecular weight is 659 g/mol. The van der Waals surface area contributed by atoms with Crippen molar-refractivity contribution < 1.29 is 79.1 Å². The Morgan fingerprint density at radius 2 is 1.11 bits per heavy atom. The zero-order valence-corrected chi connectivity index (χ0v) is 23.1. The topological polar surface area (TPSA) is 159 Å². The maximum atomic E-state index is 11.4. The number of halogens is 9. The lowest BCUT2D eigenvalue weighted by molar-refractivity contribution is -0.193. The van der Waals surface area contributed by atoms with E-state index in [9.17, 15) is 49.4 Å². The third kappa shape index (κ3) is 16.3. The second-order valence-corrected chi connectivity index (χ2v) is 9.53. The molecule has 2 aliphatic heterocycles. The molecule has 0 aromatic heterocycles. The van der Waals surface area contributed by atoms with Gasteiger partial charge >= 0.3 is 42.4 Å². The molecule has 252 valence electrons. The van der Waals surface area contributed by atoms with E-state index in [-0.39, 0.29) is 5.92 Å². The number of rotatable bonds is 3. The van der Waals surface area contributed by atoms with E-state index in [1.54, 1.807) is 0 Å². The van der Waals surface area contributed by atoms with Crippen LogP contribution in [0.1, 0.15) is 11.1 Å². The smallest absolute Gasteiger partial charge is 0.481 e. The summed E-state index contributed by atoms with van der Waals surface area (Å²) in [5, 5.41) is 30.8. The number of hydrogen-bond acceptors (Lipinski definition) is 7. The van der Waals surface area contributed by atoms with Crippen LogP contribution in [0.2, 0.25) is 0 Å². The number of carboxylic acid groups (broad SMARTS) is 4. The number of fused-ring (bicyclic) bond motifs is 1. The van der Waals surface area contributed by atoms with Crippen molar-refractivity contribution in [1.82, 2.24) is 14.7 Å². The molecule has 0 spiro atoms. The predicted molar refractivity (Wildman–Crippen MR) is 132 cm³/mol. The number of aliphatic carboxylic acids is 4. The number of carboxylic acids is 4. The van der Waals surface area contributed by atoms with Gasteiger partial charge in [0.25, 0.3) is 0 Å². The summed E-state index contributed by atoms with van der Waals surface area (Å²) in [6.07, 6.45) is -15.3. The van der Waals surface area contributed by atoms with Gasteiger partial charge in [0.05, 0.1) is 5.92 Å². The van der Waals surface area contributed by atoms with Crippen molar-refractivity contribution in [3.63, 3.8) is 0 Å². The maximum Gasteiger partial charge on any atom is 0.490 e. The van der Waals surface area contributed by atoms with Crippen LogP contribution >= 0.6 is 0 Å². The van der Waals surface area contributed by atoms with Gasteiger partial charge in [-0.15, -0.1) is 0 Å². The number of hydrogen-bond donors (Lipinski definition) is 4. The third-order valence-corrected chi connectivity index (χ3v) is 5.80. The molecular weight excluding hydrogens is 629 g/mol. The Bertz CT molecular complexity index is 1040. The van der Waals surface area contributed by atoms with Gasteiger partial charge in [-0.2, -0.15) is 39.5 Å². The summed E-state index contributed by atoms with van der Waals surface area (Å²) in [6.45, 7) is 8.38. The van der Waals surface area contributed by atoms with E-state index in [1.165, 1.54) is 11.1 Å². The van der Waals surface area contributed by atoms with Crippen molar-refractivity contribution in [2.75, 3.05) is 46.3 Å². The van der Waals surface area contributed by atoms with Crippen LogP contribution in [0.15, 0.2) is 24.3 Å². The quantitative estimate of drug-likeness (QED) is 0.354. The molecular formula is C24H30F9N3O8. The van der Waals surface area contributed by atoms with Gasteiger partial charge in [0.2, 0.25) is 0 Å². The number of likely N-dealkylation sites (N-methyl/N-ethyl adjacent to an activating group) is 1. The zero-order valence-electron chi connectivity index (χ0n) is 23.1. The monoisotopic (exact) mass is 659 g/mol. The molecule has 3 rings (SSSR count). The molecule has 44 heavy (non-hydrogen) atoms. The van der Waals surface area contributed by atoms with Crippen molar-refractivity contribution in [3.05, 3.63) is 35.4 Å². The zero-order chi connectivity index (χ0) is 34.6. The summed E-state index contributed by atoms with van der Waals surface area (Å²) in [4.78, 5) is 45.1. The Morgan fingerprint density at radius 3 is 1.48 bits per heavy atom. The van der Waals surface area contributed by atoms with Gasteiger partial charge in [-0.05, 0) is 19.5 Å². The SMILES string of the molecule is Cc1ccc(CN2CCN3CC(C(=O)O)CN(C)CC3C2)cc1.O=C(O)C(F)(F)F.O=C(O)C(F)(F)F.O=C(O)C(F)(F)F. The lowest BCUT2D eigenvalue weighted by atomic mass is 10.1. The van der Waals surface area contributed by atoms with Crippen LogP contribution in [0.4, 0.5) is 39.5 Å². The number of carbonyl (C=O) groups is 4. The number of piperazine rings is 1. The third-order valence-electron chi connectivity index (χ3n) is 5.80. The molecule has 2 heterocycles. The first kappa shape index (κ1) is 40.4. The first-order chi connectivity index (χ1) is 19.8. The molecule has 2 aliphatic rings. The van der Waals surface area contributed by atoms with Crippen LogP contribution in [0.5, 0.6) is 0 Å². The van der Waals surface area contributed by atoms with Crippen molar-refractivity contribution in [1.29, 1.82) is 0 Å². The van der Waals surface area contributed by atoms with Crippen LogP contribution < -0.4 is 0 Å². The van der Waals surface area contributed by atoms with Gasteiger partial charge in [0, 0.05) is 51.9 Å². The summed E-state index contributed by atoms with van der Waals surface area (Å²) in [5.74, 6) is -9.21. The number of alkyl halides is 9. The molecule has 0 saturated carbocycles. The Morgan fingerprint density at radius 1 is 0.705 bits per heavy atom. The minimum atomic E-state index is -5.08. The van der Waals surface area contributed by atoms with Gasteiger partial charge in [-0.3, -0.25) is 14.6 Å². The van der Waals surface area contributed by atoms with Gasteiger partial charge in [0.1, 0.15) is 0 Å². The summed E-state index contributed by atoms with van der Waals surface area (Å²) in [5.41, 5.74) is 2.65. The molecule has 2 fully saturated rings. The van der Waals surface area contributed by atoms with Crippen LogP contribution in [0.25, 0.3) is 0 Å². The van der Waals surface area contributed by atoms with E-state index in [0.717, 1.165) is 32.7 Å². The summed E-state index contributed by atoms with van der Waals surface area (Å²) in [6, 6.07) is 9.19. The molecule has 0 aliphatic carbocycles. The second-order valence-electron chi connectivity index (χ2n) is 9.53. The predicted octanol–water partition coefficient (Wildman–Crippen LogP) is 3.03. The fourth-order valence-corrected chi connectivity index (χ4v) is 3.77. The molecule has 2 atom stereocenters. The van der Waals surface area contributed by atoms with Gasteiger partial charge < -0.3 is 25.3 Å². The summed E-state index contributed by atoms with van der Waals surface area (Å²) < 4.78 is 95.2. The van der Waals surface area contributed by atoms with Crippen LogP contribution in [0, 0.1) is 12.8 Å². The Kier molecular flexibility index (Phi) is 15.6. The molecule has 1 aromatic rings. The highest BCUT2D eigenvalue weighted by molar-refractivity contribution is 5.73. The molecule has 20 heteroatoms. The lowest BCUT2D eigenvalue weighted by Crippen LogP contribution is -2.55. The minimum absolute atomic E-state index is 0.270. The highest BCUT2D eigenvalue weighted by atomic mass is 19.4. The largest absolute Gasteiger partial charge is 0.490 e. The maximum absolute atomic E-state index is 11.4. The minimum Gasteiger partial charge on any atom is -0.481 e. The van der Waals surface area contributed by atoms with E-state index in [1.807, 2.05) is 7.05 Å². The Labute approximate surface area is 244 Å². The number of aryl methyl sites for hydroxylation is 1. The van der Waals surface area contributed by atoms with E-state index >= 15 is 0 Å². The number of nitrogens with zero attached hydrogens (tertiary/aromatic N) is 3. The normalized spacial score (nSPS) is 19.7. The standard InChI is InChI=1S/C18H27N3O2.3C2HF3O2/c1-14-3-5-15(6-4-14)9-20-7-8-21-11-16(18(22)23)10-19(2)12-17(21)13-20;3*3-2(4,5)1(6)7/h3-6,16-17H,7-13H2,1-2H3,(H,22,23);3*(H,6,7). The Balaban J connectivity index is 0.000000721. The van der Waals surface area contributed by atoms with Gasteiger partial charge in [0.15, 0.2) is 0 Å². The first-order valence-electron chi connectivity index (χ1n) is 12.2. The highest BCUT2D eigenvalue weighted by Gasteiger charge is 2.39. The molecule has 2 unspecified atom stereocenters. The first-order valence-corrected chi connectivity index (χ1v) is 12.2. The van der Waals surface area contributed by atoms with Crippen LogP contribution in [0.3, 0.4) is 0 Å². The average Bonchev–Trinajstić information content (AvgIpc) is 3.02. The molecule has 1 aromatic carbocycles. The van der Waals surface area contributed by atoms with Gasteiger partial charge in [-0.25, -0.2) is 14.4 Å². The molecule has 4 N–H and O–H groups in total. The molecule has 0 radical (unpaired) electrons. The molecule has 0 amide bonds. The fraction of sp³-hybridized carbons (Fsp3) is 0.583. The molecule has 0 bridgehead atoms. The van der Waals surface area contributed by atoms with E-state index in [2.05, 4.69) is 45.9 Å². The van der Waals surface area contributed by atoms with Crippen molar-refractivity contribution in [2.24, 2.45) is 5.92 Å². The molecule has 2 saturated heterocycles. The fourth-order valence-electron chi connectivity index (χ4n) is 3.77. The lowest BCUT2D eigenvalue weighted by Gasteiger charge is -2.41. The van der Waals surface area contributed by atoms with Gasteiger partial charge in [-0.1, -0.05) is 29.8 Å². The van der Waals surface area contributed by atoms with Crippen molar-refractivity contribution >= 4 is 23.9 Å². The summed E-state index contributed by atoms with van der Waals surface area (Å²) in [7, 11) is 2.04.